The zero-order valence-corrected chi connectivity index (χ0v) is 8.45. The van der Waals surface area contributed by atoms with Crippen LogP contribution in [0.2, 0.25) is 0 Å². The van der Waals surface area contributed by atoms with Crippen molar-refractivity contribution in [2.24, 2.45) is 0 Å². The Balaban J connectivity index is 3.14. The number of carbonyl (C=O) groups is 1. The first-order chi connectivity index (χ1) is 6.66. The van der Waals surface area contributed by atoms with Gasteiger partial charge in [0.15, 0.2) is 5.78 Å². The van der Waals surface area contributed by atoms with E-state index in [0.29, 0.717) is 12.0 Å². The molecule has 0 aliphatic carbocycles. The lowest BCUT2D eigenvalue weighted by molar-refractivity contribution is 0.101. The number of hydrogen-bond donors (Lipinski definition) is 1. The van der Waals surface area contributed by atoms with Crippen LogP contribution >= 0.6 is 0 Å². The molecule has 0 aliphatic heterocycles. The van der Waals surface area contributed by atoms with Crippen LogP contribution in [-0.4, -0.2) is 10.9 Å². The maximum atomic E-state index is 11.3. The van der Waals surface area contributed by atoms with Gasteiger partial charge in [-0.25, -0.2) is 0 Å². The molecule has 0 saturated heterocycles. The van der Waals surface area contributed by atoms with Crippen molar-refractivity contribution in [2.45, 2.75) is 20.3 Å². The fourth-order valence-electron chi connectivity index (χ4n) is 1.41. The Labute approximate surface area is 83.9 Å². The van der Waals surface area contributed by atoms with E-state index < -0.39 is 0 Å². The van der Waals surface area contributed by atoms with Gasteiger partial charge in [0, 0.05) is 0 Å². The second-order valence-electron chi connectivity index (χ2n) is 3.14. The molecular weight excluding hydrogens is 176 g/mol. The molecule has 1 N–H and O–H groups in total. The lowest BCUT2D eigenvalue weighted by Gasteiger charge is -2.06. The summed E-state index contributed by atoms with van der Waals surface area (Å²) in [7, 11) is 0. The van der Waals surface area contributed by atoms with Crippen molar-refractivity contribution in [3.05, 3.63) is 41.5 Å². The van der Waals surface area contributed by atoms with Crippen molar-refractivity contribution < 1.29 is 9.90 Å². The Bertz CT molecular complexity index is 365. The van der Waals surface area contributed by atoms with Crippen LogP contribution in [0.4, 0.5) is 0 Å². The zero-order chi connectivity index (χ0) is 10.6. The molecule has 1 rings (SSSR count). The number of phenolic OH excluding ortho intramolecular Hbond substituents is 1. The Hall–Kier alpha value is -1.57. The summed E-state index contributed by atoms with van der Waals surface area (Å²) in [6.07, 6.45) is 4.56. The van der Waals surface area contributed by atoms with Crippen LogP contribution in [0.1, 0.15) is 29.8 Å². The fraction of sp³-hybridized carbons (Fsp3) is 0.250. The van der Waals surface area contributed by atoms with Crippen LogP contribution in [-0.2, 0) is 6.42 Å². The third-order valence-corrected chi connectivity index (χ3v) is 2.05. The number of hydrogen-bond acceptors (Lipinski definition) is 2. The SMILES string of the molecule is C/C=C/Cc1cccc(O)c1C(C)=O. The summed E-state index contributed by atoms with van der Waals surface area (Å²) < 4.78 is 0. The third-order valence-electron chi connectivity index (χ3n) is 2.05. The molecule has 1 aromatic rings. The summed E-state index contributed by atoms with van der Waals surface area (Å²) in [6, 6.07) is 5.15. The molecule has 0 bridgehead atoms. The smallest absolute Gasteiger partial charge is 0.163 e. The van der Waals surface area contributed by atoms with Gasteiger partial charge in [-0.05, 0) is 31.9 Å². The van der Waals surface area contributed by atoms with Gasteiger partial charge in [-0.15, -0.1) is 0 Å². The summed E-state index contributed by atoms with van der Waals surface area (Å²) in [5, 5.41) is 9.52. The van der Waals surface area contributed by atoms with Crippen molar-refractivity contribution in [3.63, 3.8) is 0 Å². The standard InChI is InChI=1S/C12H14O2/c1-3-4-6-10-7-5-8-11(14)12(10)9(2)13/h3-5,7-8,14H,6H2,1-2H3/b4-3+. The van der Waals surface area contributed by atoms with Gasteiger partial charge in [-0.1, -0.05) is 24.3 Å². The topological polar surface area (TPSA) is 37.3 Å². The van der Waals surface area contributed by atoms with E-state index in [4.69, 9.17) is 0 Å². The number of phenols is 1. The van der Waals surface area contributed by atoms with Crippen molar-refractivity contribution in [3.8, 4) is 5.75 Å². The second-order valence-corrected chi connectivity index (χ2v) is 3.14. The van der Waals surface area contributed by atoms with Gasteiger partial charge >= 0.3 is 0 Å². The molecule has 0 fully saturated rings. The molecule has 0 aromatic heterocycles. The highest BCUT2D eigenvalue weighted by Gasteiger charge is 2.10. The minimum absolute atomic E-state index is 0.0690. The van der Waals surface area contributed by atoms with E-state index >= 15 is 0 Å². The molecule has 2 heteroatoms. The Morgan fingerprint density at radius 2 is 2.21 bits per heavy atom. The minimum Gasteiger partial charge on any atom is -0.507 e. The van der Waals surface area contributed by atoms with E-state index in [9.17, 15) is 9.90 Å². The van der Waals surface area contributed by atoms with E-state index in [1.165, 1.54) is 13.0 Å². The van der Waals surface area contributed by atoms with E-state index in [1.54, 1.807) is 6.07 Å². The lowest BCUT2D eigenvalue weighted by Crippen LogP contribution is -1.99. The lowest BCUT2D eigenvalue weighted by atomic mass is 10.0. The monoisotopic (exact) mass is 190 g/mol. The van der Waals surface area contributed by atoms with Crippen LogP contribution < -0.4 is 0 Å². The number of carbonyl (C=O) groups excluding carboxylic acids is 1. The first-order valence-electron chi connectivity index (χ1n) is 4.59. The van der Waals surface area contributed by atoms with E-state index in [-0.39, 0.29) is 11.5 Å². The predicted octanol–water partition coefficient (Wildman–Crippen LogP) is 2.71. The van der Waals surface area contributed by atoms with Crippen LogP contribution in [0, 0.1) is 0 Å². The third kappa shape index (κ3) is 2.22. The largest absolute Gasteiger partial charge is 0.507 e. The maximum Gasteiger partial charge on any atom is 0.163 e. The maximum absolute atomic E-state index is 11.3. The summed E-state index contributed by atoms with van der Waals surface area (Å²) >= 11 is 0. The minimum atomic E-state index is -0.0948. The van der Waals surface area contributed by atoms with Gasteiger partial charge < -0.3 is 5.11 Å². The molecule has 0 spiro atoms. The van der Waals surface area contributed by atoms with Gasteiger partial charge in [0.1, 0.15) is 5.75 Å². The molecule has 2 nitrogen and oxygen atoms in total. The Kier molecular flexibility index (Phi) is 3.46. The number of aromatic hydroxyl groups is 1. The van der Waals surface area contributed by atoms with Crippen molar-refractivity contribution in [2.75, 3.05) is 0 Å². The highest BCUT2D eigenvalue weighted by Crippen LogP contribution is 2.22. The van der Waals surface area contributed by atoms with Crippen molar-refractivity contribution in [1.82, 2.24) is 0 Å². The Morgan fingerprint density at radius 3 is 2.79 bits per heavy atom. The van der Waals surface area contributed by atoms with Crippen molar-refractivity contribution in [1.29, 1.82) is 0 Å². The average Bonchev–Trinajstić information content (AvgIpc) is 2.14. The first-order valence-corrected chi connectivity index (χ1v) is 4.59. The van der Waals surface area contributed by atoms with E-state index in [0.717, 1.165) is 5.56 Å². The fourth-order valence-corrected chi connectivity index (χ4v) is 1.41. The summed E-state index contributed by atoms with van der Waals surface area (Å²) in [4.78, 5) is 11.3. The zero-order valence-electron chi connectivity index (χ0n) is 8.45. The summed E-state index contributed by atoms with van der Waals surface area (Å²) in [5.41, 5.74) is 1.31. The van der Waals surface area contributed by atoms with Crippen LogP contribution in [0.3, 0.4) is 0 Å². The summed E-state index contributed by atoms with van der Waals surface area (Å²) in [6.45, 7) is 3.39. The summed E-state index contributed by atoms with van der Waals surface area (Å²) in [5.74, 6) is -0.0258. The van der Waals surface area contributed by atoms with Gasteiger partial charge in [-0.2, -0.15) is 0 Å². The molecule has 0 heterocycles. The highest BCUT2D eigenvalue weighted by molar-refractivity contribution is 5.98. The molecule has 0 atom stereocenters. The van der Waals surface area contributed by atoms with Crippen LogP contribution in [0.5, 0.6) is 5.75 Å². The quantitative estimate of drug-likeness (QED) is 0.587. The normalized spacial score (nSPS) is 10.7. The number of benzene rings is 1. The predicted molar refractivity (Wildman–Crippen MR) is 56.6 cm³/mol. The number of allylic oxidation sites excluding steroid dienone is 2. The van der Waals surface area contributed by atoms with E-state index in [1.807, 2.05) is 25.1 Å². The van der Waals surface area contributed by atoms with Gasteiger partial charge in [-0.3, -0.25) is 4.79 Å². The average molecular weight is 190 g/mol. The van der Waals surface area contributed by atoms with Gasteiger partial charge in [0.2, 0.25) is 0 Å². The molecule has 0 aliphatic rings. The first kappa shape index (κ1) is 10.5. The molecule has 14 heavy (non-hydrogen) atoms. The number of ketones is 1. The molecular formula is C12H14O2. The van der Waals surface area contributed by atoms with Gasteiger partial charge in [0.05, 0.1) is 5.56 Å². The molecule has 0 unspecified atom stereocenters. The molecule has 1 aromatic carbocycles. The number of Topliss-reactive ketones (excluding diaryl/α,β-unsaturated/α-hetero) is 1. The second kappa shape index (κ2) is 4.61. The van der Waals surface area contributed by atoms with Crippen LogP contribution in [0.25, 0.3) is 0 Å². The van der Waals surface area contributed by atoms with Crippen molar-refractivity contribution >= 4 is 5.78 Å². The molecule has 0 amide bonds. The molecule has 0 radical (unpaired) electrons. The number of rotatable bonds is 3. The molecule has 0 saturated carbocycles. The van der Waals surface area contributed by atoms with Crippen LogP contribution in [0.15, 0.2) is 30.4 Å². The molecule has 74 valence electrons. The van der Waals surface area contributed by atoms with Gasteiger partial charge in [0.25, 0.3) is 0 Å². The van der Waals surface area contributed by atoms with E-state index in [2.05, 4.69) is 0 Å². The Morgan fingerprint density at radius 1 is 1.50 bits per heavy atom. The highest BCUT2D eigenvalue weighted by atomic mass is 16.3.